The van der Waals surface area contributed by atoms with Gasteiger partial charge in [-0.3, -0.25) is 0 Å². The highest BCUT2D eigenvalue weighted by Gasteiger charge is 2.22. The van der Waals surface area contributed by atoms with Gasteiger partial charge in [-0.15, -0.1) is 0 Å². The molecule has 0 saturated heterocycles. The first kappa shape index (κ1) is 17.3. The summed E-state index contributed by atoms with van der Waals surface area (Å²) in [6, 6.07) is 10.1. The lowest BCUT2D eigenvalue weighted by Crippen LogP contribution is -2.21. The Labute approximate surface area is 140 Å². The van der Waals surface area contributed by atoms with E-state index in [4.69, 9.17) is 26.9 Å². The molecule has 0 spiro atoms. The van der Waals surface area contributed by atoms with Crippen molar-refractivity contribution in [2.24, 2.45) is 0 Å². The van der Waals surface area contributed by atoms with Crippen molar-refractivity contribution in [1.29, 1.82) is 0 Å². The molecular formula is C17H26Cl2OSi. The van der Waals surface area contributed by atoms with Gasteiger partial charge in [0.1, 0.15) is 0 Å². The van der Waals surface area contributed by atoms with Crippen LogP contribution in [0.25, 0.3) is 0 Å². The van der Waals surface area contributed by atoms with Crippen molar-refractivity contribution in [1.82, 2.24) is 0 Å². The minimum atomic E-state index is -1.44. The van der Waals surface area contributed by atoms with E-state index in [2.05, 4.69) is 31.2 Å². The van der Waals surface area contributed by atoms with Crippen molar-refractivity contribution in [2.75, 3.05) is 6.61 Å². The van der Waals surface area contributed by atoms with E-state index in [1.54, 1.807) is 0 Å². The molecule has 0 N–H and O–H groups in total. The third kappa shape index (κ3) is 5.94. The first-order valence-electron chi connectivity index (χ1n) is 8.17. The van der Waals surface area contributed by atoms with Gasteiger partial charge in [-0.2, -0.15) is 22.2 Å². The van der Waals surface area contributed by atoms with Gasteiger partial charge < -0.3 is 4.74 Å². The molecule has 0 aromatic heterocycles. The molecule has 1 saturated carbocycles. The fourth-order valence-corrected chi connectivity index (χ4v) is 4.48. The summed E-state index contributed by atoms with van der Waals surface area (Å²) in [5.74, 6) is 0.721. The second-order valence-corrected chi connectivity index (χ2v) is 11.2. The normalized spacial score (nSPS) is 22.7. The van der Waals surface area contributed by atoms with Crippen molar-refractivity contribution >= 4 is 29.6 Å². The van der Waals surface area contributed by atoms with E-state index in [1.165, 1.54) is 36.8 Å². The van der Waals surface area contributed by atoms with E-state index < -0.39 is 7.42 Å². The Morgan fingerprint density at radius 3 is 2.33 bits per heavy atom. The molecule has 1 fully saturated rings. The summed E-state index contributed by atoms with van der Waals surface area (Å²) in [5, 5.41) is 0. The predicted molar refractivity (Wildman–Crippen MR) is 95.0 cm³/mol. The summed E-state index contributed by atoms with van der Waals surface area (Å²) in [6.07, 6.45) is 7.45. The van der Waals surface area contributed by atoms with Crippen molar-refractivity contribution < 1.29 is 4.74 Å². The number of hydrogen-bond acceptors (Lipinski definition) is 1. The summed E-state index contributed by atoms with van der Waals surface area (Å²) >= 11 is 11.7. The zero-order valence-electron chi connectivity index (χ0n) is 12.9. The molecule has 2 rings (SSSR count). The lowest BCUT2D eigenvalue weighted by molar-refractivity contribution is 0.0251. The van der Waals surface area contributed by atoms with E-state index in [0.29, 0.717) is 6.10 Å². The summed E-state index contributed by atoms with van der Waals surface area (Å²) in [5.41, 5.74) is 2.93. The highest BCUT2D eigenvalue weighted by Crippen LogP contribution is 2.34. The number of benzene rings is 1. The van der Waals surface area contributed by atoms with E-state index >= 15 is 0 Å². The van der Waals surface area contributed by atoms with Crippen molar-refractivity contribution in [2.45, 2.75) is 63.5 Å². The van der Waals surface area contributed by atoms with Crippen LogP contribution in [-0.2, 0) is 11.2 Å². The first-order valence-corrected chi connectivity index (χ1v) is 12.5. The maximum Gasteiger partial charge on any atom is 0.237 e. The zero-order chi connectivity index (χ0) is 15.1. The summed E-state index contributed by atoms with van der Waals surface area (Å²) in [7, 11) is -1.44. The molecule has 1 nitrogen and oxygen atoms in total. The zero-order valence-corrected chi connectivity index (χ0v) is 15.5. The number of ether oxygens (including phenoxy) is 1. The van der Waals surface area contributed by atoms with Crippen LogP contribution in [0.4, 0.5) is 0 Å². The molecule has 0 aliphatic heterocycles. The first-order chi connectivity index (χ1) is 10.2. The fraction of sp³-hybridized carbons (Fsp3) is 0.647. The van der Waals surface area contributed by atoms with Crippen LogP contribution in [0.15, 0.2) is 24.3 Å². The molecule has 1 aromatic rings. The molecule has 21 heavy (non-hydrogen) atoms. The molecule has 0 bridgehead atoms. The maximum atomic E-state index is 5.96. The fourth-order valence-electron chi connectivity index (χ4n) is 3.08. The van der Waals surface area contributed by atoms with Gasteiger partial charge in [0, 0.05) is 6.61 Å². The molecule has 0 atom stereocenters. The molecule has 1 aliphatic carbocycles. The molecule has 0 heterocycles. The van der Waals surface area contributed by atoms with Gasteiger partial charge in [0.15, 0.2) is 0 Å². The van der Waals surface area contributed by atoms with Crippen LogP contribution in [-0.4, -0.2) is 20.1 Å². The van der Waals surface area contributed by atoms with Crippen LogP contribution in [0.3, 0.4) is 0 Å². The lowest BCUT2D eigenvalue weighted by atomic mass is 9.82. The van der Waals surface area contributed by atoms with E-state index in [9.17, 15) is 0 Å². The van der Waals surface area contributed by atoms with Gasteiger partial charge in [0.25, 0.3) is 0 Å². The molecule has 0 unspecified atom stereocenters. The third-order valence-corrected chi connectivity index (χ3v) is 6.61. The quantitative estimate of drug-likeness (QED) is 0.366. The second-order valence-electron chi connectivity index (χ2n) is 5.97. The number of aryl methyl sites for hydroxylation is 1. The third-order valence-electron chi connectivity index (χ3n) is 4.45. The topological polar surface area (TPSA) is 9.23 Å². The SMILES string of the molecule is CCc1ccc(C2CCC(OCCC[SiH](Cl)Cl)CC2)cc1. The summed E-state index contributed by atoms with van der Waals surface area (Å²) in [4.78, 5) is 0. The number of hydrogen-bond donors (Lipinski definition) is 0. The van der Waals surface area contributed by atoms with Crippen molar-refractivity contribution in [3.63, 3.8) is 0 Å². The molecule has 1 aromatic carbocycles. The highest BCUT2D eigenvalue weighted by atomic mass is 35.7. The molecule has 0 amide bonds. The highest BCUT2D eigenvalue weighted by molar-refractivity contribution is 7.33. The molecular weight excluding hydrogens is 319 g/mol. The van der Waals surface area contributed by atoms with Gasteiger partial charge in [0.05, 0.1) is 6.10 Å². The Bertz CT molecular complexity index is 400. The Balaban J connectivity index is 1.70. The smallest absolute Gasteiger partial charge is 0.237 e. The Kier molecular flexibility index (Phi) is 7.59. The Morgan fingerprint density at radius 2 is 1.76 bits per heavy atom. The van der Waals surface area contributed by atoms with Gasteiger partial charge >= 0.3 is 0 Å². The summed E-state index contributed by atoms with van der Waals surface area (Å²) in [6.45, 7) is 3.03. The molecule has 118 valence electrons. The average molecular weight is 345 g/mol. The van der Waals surface area contributed by atoms with Crippen LogP contribution >= 0.6 is 22.2 Å². The van der Waals surface area contributed by atoms with Gasteiger partial charge in [-0.05, 0) is 61.6 Å². The van der Waals surface area contributed by atoms with Crippen LogP contribution < -0.4 is 0 Å². The average Bonchev–Trinajstić information content (AvgIpc) is 2.52. The van der Waals surface area contributed by atoms with Gasteiger partial charge in [-0.25, -0.2) is 0 Å². The summed E-state index contributed by atoms with van der Waals surface area (Å²) < 4.78 is 5.96. The largest absolute Gasteiger partial charge is 0.378 e. The van der Waals surface area contributed by atoms with Crippen LogP contribution in [0, 0.1) is 0 Å². The van der Waals surface area contributed by atoms with Gasteiger partial charge in [0.2, 0.25) is 7.42 Å². The monoisotopic (exact) mass is 344 g/mol. The second kappa shape index (κ2) is 9.19. The standard InChI is InChI=1S/C17H26Cl2OSi/c1-2-14-4-6-15(7-5-14)16-8-10-17(11-9-16)20-12-3-13-21(18)19/h4-7,16-17,21H,2-3,8-13H2,1H3. The van der Waals surface area contributed by atoms with Crippen LogP contribution in [0.5, 0.6) is 0 Å². The Hall–Kier alpha value is -0.0231. The number of rotatable bonds is 7. The molecule has 0 radical (unpaired) electrons. The number of halogens is 2. The predicted octanol–water partition coefficient (Wildman–Crippen LogP) is 5.38. The van der Waals surface area contributed by atoms with Gasteiger partial charge in [-0.1, -0.05) is 31.2 Å². The van der Waals surface area contributed by atoms with E-state index in [1.807, 2.05) is 0 Å². The Morgan fingerprint density at radius 1 is 1.10 bits per heavy atom. The van der Waals surface area contributed by atoms with Crippen LogP contribution in [0.1, 0.15) is 56.1 Å². The van der Waals surface area contributed by atoms with E-state index in [-0.39, 0.29) is 0 Å². The maximum absolute atomic E-state index is 5.96. The van der Waals surface area contributed by atoms with Crippen molar-refractivity contribution in [3.05, 3.63) is 35.4 Å². The molecule has 4 heteroatoms. The molecule has 1 aliphatic rings. The van der Waals surface area contributed by atoms with E-state index in [0.717, 1.165) is 31.4 Å². The van der Waals surface area contributed by atoms with Crippen molar-refractivity contribution in [3.8, 4) is 0 Å². The minimum Gasteiger partial charge on any atom is -0.378 e. The minimum absolute atomic E-state index is 0.446. The lowest BCUT2D eigenvalue weighted by Gasteiger charge is -2.29. The van der Waals surface area contributed by atoms with Crippen LogP contribution in [0.2, 0.25) is 6.04 Å².